The van der Waals surface area contributed by atoms with Crippen molar-refractivity contribution < 1.29 is 9.53 Å². The Morgan fingerprint density at radius 2 is 2.19 bits per heavy atom. The first-order valence-corrected chi connectivity index (χ1v) is 10.5. The van der Waals surface area contributed by atoms with Crippen LogP contribution in [0.5, 0.6) is 0 Å². The summed E-state index contributed by atoms with van der Waals surface area (Å²) in [5.74, 6) is -0.0706. The number of amides is 1. The van der Waals surface area contributed by atoms with E-state index >= 15 is 0 Å². The van der Waals surface area contributed by atoms with Crippen LogP contribution in [-0.4, -0.2) is 35.1 Å². The minimum atomic E-state index is -0.0706. The summed E-state index contributed by atoms with van der Waals surface area (Å²) in [6.45, 7) is 5.02. The predicted octanol–water partition coefficient (Wildman–Crippen LogP) is 4.85. The summed E-state index contributed by atoms with van der Waals surface area (Å²) in [5.41, 5.74) is 1.49. The number of benzene rings is 1. The van der Waals surface area contributed by atoms with Crippen LogP contribution in [-0.2, 0) is 4.74 Å². The first kappa shape index (κ1) is 17.9. The Balaban J connectivity index is 1.75. The number of carbonyl (C=O) groups is 1. The second-order valence-electron chi connectivity index (χ2n) is 6.28. The van der Waals surface area contributed by atoms with Crippen LogP contribution in [0.25, 0.3) is 10.2 Å². The van der Waals surface area contributed by atoms with Gasteiger partial charge in [-0.15, -0.1) is 11.3 Å². The summed E-state index contributed by atoms with van der Waals surface area (Å²) in [4.78, 5) is 24.8. The van der Waals surface area contributed by atoms with Gasteiger partial charge < -0.3 is 4.74 Å². The van der Waals surface area contributed by atoms with Crippen molar-refractivity contribution in [1.82, 2.24) is 9.97 Å². The SMILES string of the molecule is Cc1nc(C)c(C(=O)N(CC2CCCO2)c2nc3c(Cl)cccc3s2)s1. The molecule has 1 aliphatic rings. The Kier molecular flexibility index (Phi) is 4.96. The number of hydrogen-bond donors (Lipinski definition) is 0. The molecule has 0 N–H and O–H groups in total. The van der Waals surface area contributed by atoms with Crippen LogP contribution >= 0.6 is 34.3 Å². The van der Waals surface area contributed by atoms with E-state index in [2.05, 4.69) is 9.97 Å². The lowest BCUT2D eigenvalue weighted by Crippen LogP contribution is -2.37. The van der Waals surface area contributed by atoms with Crippen molar-refractivity contribution in [2.24, 2.45) is 0 Å². The molecule has 8 heteroatoms. The van der Waals surface area contributed by atoms with Crippen molar-refractivity contribution in [3.63, 3.8) is 0 Å². The Morgan fingerprint density at radius 1 is 1.35 bits per heavy atom. The second kappa shape index (κ2) is 7.23. The molecule has 4 rings (SSSR count). The smallest absolute Gasteiger partial charge is 0.272 e. The minimum absolute atomic E-state index is 0.0377. The molecule has 136 valence electrons. The van der Waals surface area contributed by atoms with Gasteiger partial charge in [-0.05, 0) is 38.8 Å². The largest absolute Gasteiger partial charge is 0.376 e. The third-order valence-electron chi connectivity index (χ3n) is 4.34. The maximum Gasteiger partial charge on any atom is 0.272 e. The van der Waals surface area contributed by atoms with Gasteiger partial charge in [0.25, 0.3) is 5.91 Å². The third kappa shape index (κ3) is 3.36. The molecule has 3 aromatic rings. The number of aromatic nitrogens is 2. The average molecular weight is 408 g/mol. The lowest BCUT2D eigenvalue weighted by atomic mass is 10.2. The molecule has 1 unspecified atom stereocenters. The molecule has 0 aliphatic carbocycles. The molecule has 26 heavy (non-hydrogen) atoms. The summed E-state index contributed by atoms with van der Waals surface area (Å²) in [5, 5.41) is 2.13. The highest BCUT2D eigenvalue weighted by atomic mass is 35.5. The molecular weight excluding hydrogens is 390 g/mol. The molecular formula is C18H18ClN3O2S2. The van der Waals surface area contributed by atoms with Crippen LogP contribution in [0.3, 0.4) is 0 Å². The summed E-state index contributed by atoms with van der Waals surface area (Å²) < 4.78 is 6.74. The summed E-state index contributed by atoms with van der Waals surface area (Å²) in [6, 6.07) is 5.69. The van der Waals surface area contributed by atoms with Crippen molar-refractivity contribution in [3.05, 3.63) is 38.8 Å². The van der Waals surface area contributed by atoms with Crippen molar-refractivity contribution in [2.75, 3.05) is 18.1 Å². The van der Waals surface area contributed by atoms with Crippen molar-refractivity contribution in [1.29, 1.82) is 0 Å². The maximum atomic E-state index is 13.3. The highest BCUT2D eigenvalue weighted by Crippen LogP contribution is 2.34. The van der Waals surface area contributed by atoms with Crippen LogP contribution in [0.2, 0.25) is 5.02 Å². The van der Waals surface area contributed by atoms with E-state index in [1.54, 1.807) is 4.90 Å². The number of anilines is 1. The lowest BCUT2D eigenvalue weighted by molar-refractivity contribution is 0.0920. The van der Waals surface area contributed by atoms with Gasteiger partial charge in [0.15, 0.2) is 5.13 Å². The lowest BCUT2D eigenvalue weighted by Gasteiger charge is -2.22. The Labute approximate surface area is 164 Å². The van der Waals surface area contributed by atoms with Crippen molar-refractivity contribution in [3.8, 4) is 0 Å². The Hall–Kier alpha value is -1.54. The van der Waals surface area contributed by atoms with Crippen LogP contribution in [0.15, 0.2) is 18.2 Å². The first-order valence-electron chi connectivity index (χ1n) is 8.45. The van der Waals surface area contributed by atoms with Crippen LogP contribution in [0, 0.1) is 13.8 Å². The molecule has 0 radical (unpaired) electrons. The van der Waals surface area contributed by atoms with E-state index in [1.807, 2.05) is 32.0 Å². The topological polar surface area (TPSA) is 55.3 Å². The Morgan fingerprint density at radius 3 is 2.85 bits per heavy atom. The number of nitrogens with zero attached hydrogens (tertiary/aromatic N) is 3. The van der Waals surface area contributed by atoms with Crippen molar-refractivity contribution >= 4 is 55.5 Å². The van der Waals surface area contributed by atoms with Gasteiger partial charge >= 0.3 is 0 Å². The summed E-state index contributed by atoms with van der Waals surface area (Å²) >= 11 is 9.18. The molecule has 0 spiro atoms. The van der Waals surface area contributed by atoms with Gasteiger partial charge in [-0.2, -0.15) is 0 Å². The van der Waals surface area contributed by atoms with Gasteiger partial charge in [0.05, 0.1) is 33.1 Å². The third-order valence-corrected chi connectivity index (χ3v) is 6.75. The number of para-hydroxylation sites is 1. The monoisotopic (exact) mass is 407 g/mol. The highest BCUT2D eigenvalue weighted by Gasteiger charge is 2.29. The molecule has 1 atom stereocenters. The summed E-state index contributed by atoms with van der Waals surface area (Å²) in [7, 11) is 0. The number of aryl methyl sites for hydroxylation is 2. The molecule has 0 bridgehead atoms. The molecule has 2 aromatic heterocycles. The molecule has 1 aliphatic heterocycles. The van der Waals surface area contributed by atoms with Crippen LogP contribution < -0.4 is 4.90 Å². The number of fused-ring (bicyclic) bond motifs is 1. The van der Waals surface area contributed by atoms with Gasteiger partial charge in [-0.25, -0.2) is 9.97 Å². The van der Waals surface area contributed by atoms with E-state index in [9.17, 15) is 4.79 Å². The predicted molar refractivity (Wildman–Crippen MR) is 107 cm³/mol. The zero-order chi connectivity index (χ0) is 18.3. The number of hydrogen-bond acceptors (Lipinski definition) is 6. The van der Waals surface area contributed by atoms with Crippen LogP contribution in [0.1, 0.15) is 33.2 Å². The van der Waals surface area contributed by atoms with Crippen molar-refractivity contribution in [2.45, 2.75) is 32.8 Å². The van der Waals surface area contributed by atoms with Crippen LogP contribution in [0.4, 0.5) is 5.13 Å². The van der Waals surface area contributed by atoms with Gasteiger partial charge in [0.1, 0.15) is 10.4 Å². The molecule has 1 saturated heterocycles. The number of halogens is 1. The quantitative estimate of drug-likeness (QED) is 0.620. The van der Waals surface area contributed by atoms with E-state index in [1.165, 1.54) is 22.7 Å². The molecule has 1 amide bonds. The Bertz CT molecular complexity index is 963. The molecule has 1 aromatic carbocycles. The van der Waals surface area contributed by atoms with E-state index in [0.29, 0.717) is 21.6 Å². The second-order valence-corrected chi connectivity index (χ2v) is 8.90. The van der Waals surface area contributed by atoms with E-state index < -0.39 is 0 Å². The molecule has 3 heterocycles. The summed E-state index contributed by atoms with van der Waals surface area (Å²) in [6.07, 6.45) is 2.02. The number of rotatable bonds is 4. The number of carbonyl (C=O) groups excluding carboxylic acids is 1. The first-order chi connectivity index (χ1) is 12.5. The zero-order valence-corrected chi connectivity index (χ0v) is 16.9. The number of thiazole rings is 2. The molecule has 0 saturated carbocycles. The fourth-order valence-electron chi connectivity index (χ4n) is 3.11. The normalized spacial score (nSPS) is 17.1. The number of ether oxygens (including phenoxy) is 1. The van der Waals surface area contributed by atoms with E-state index in [0.717, 1.165) is 40.4 Å². The van der Waals surface area contributed by atoms with Gasteiger partial charge in [0, 0.05) is 6.61 Å². The van der Waals surface area contributed by atoms with E-state index in [4.69, 9.17) is 16.3 Å². The fraction of sp³-hybridized carbons (Fsp3) is 0.389. The highest BCUT2D eigenvalue weighted by molar-refractivity contribution is 7.22. The van der Waals surface area contributed by atoms with E-state index in [-0.39, 0.29) is 12.0 Å². The van der Waals surface area contributed by atoms with Gasteiger partial charge in [0.2, 0.25) is 0 Å². The molecule has 1 fully saturated rings. The minimum Gasteiger partial charge on any atom is -0.376 e. The average Bonchev–Trinajstić information content (AvgIpc) is 3.32. The standard InChI is InChI=1S/C18H18ClN3O2S2/c1-10-16(25-11(2)20-10)17(23)22(9-12-5-4-8-24-12)18-21-15-13(19)6-3-7-14(15)26-18/h3,6-7,12H,4-5,8-9H2,1-2H3. The van der Waals surface area contributed by atoms with Gasteiger partial charge in [-0.3, -0.25) is 9.69 Å². The van der Waals surface area contributed by atoms with Gasteiger partial charge in [-0.1, -0.05) is 29.0 Å². The fourth-order valence-corrected chi connectivity index (χ4v) is 5.25. The molecule has 5 nitrogen and oxygen atoms in total. The zero-order valence-electron chi connectivity index (χ0n) is 14.5. The maximum absolute atomic E-state index is 13.3.